The highest BCUT2D eigenvalue weighted by atomic mass is 16.8. The number of amides is 2. The van der Waals surface area contributed by atoms with Crippen LogP contribution in [0.15, 0.2) is 36.8 Å². The molecule has 3 atom stereocenters. The van der Waals surface area contributed by atoms with E-state index < -0.39 is 29.2 Å². The number of hydrogen-bond acceptors (Lipinski definition) is 9. The maximum atomic E-state index is 13.2. The highest BCUT2D eigenvalue weighted by Crippen LogP contribution is 2.44. The molecule has 1 fully saturated rings. The van der Waals surface area contributed by atoms with Gasteiger partial charge in [-0.3, -0.25) is 0 Å². The highest BCUT2D eigenvalue weighted by molar-refractivity contribution is 6.13. The first kappa shape index (κ1) is 25.8. The number of imide groups is 1. The molecule has 1 aliphatic heterocycles. The molecule has 0 N–H and O–H groups in total. The number of carbonyl (C=O) groups is 2. The van der Waals surface area contributed by atoms with Crippen LogP contribution in [0.1, 0.15) is 61.4 Å². The Hall–Kier alpha value is -3.31. The van der Waals surface area contributed by atoms with Crippen LogP contribution in [0.3, 0.4) is 0 Å². The summed E-state index contributed by atoms with van der Waals surface area (Å²) in [6.45, 7) is 17.8. The molecule has 0 radical (unpaired) electrons. The Bertz CT molecular complexity index is 1210. The lowest BCUT2D eigenvalue weighted by Crippen LogP contribution is -2.44. The van der Waals surface area contributed by atoms with Crippen LogP contribution in [0.5, 0.6) is 0 Å². The first-order valence-electron chi connectivity index (χ1n) is 11.7. The molecular weight excluding hydrogens is 466 g/mol. The Kier molecular flexibility index (Phi) is 6.20. The summed E-state index contributed by atoms with van der Waals surface area (Å²) >= 11 is 0. The average Bonchev–Trinajstić information content (AvgIpc) is 3.36. The van der Waals surface area contributed by atoms with Crippen LogP contribution in [0, 0.1) is 0 Å². The molecule has 2 aliphatic rings. The molecule has 0 unspecified atom stereocenters. The number of nitrogens with zero attached hydrogens (tertiary/aromatic N) is 5. The Labute approximate surface area is 210 Å². The Morgan fingerprint density at radius 1 is 1.08 bits per heavy atom. The van der Waals surface area contributed by atoms with Crippen molar-refractivity contribution in [2.24, 2.45) is 0 Å². The fourth-order valence-corrected chi connectivity index (χ4v) is 4.19. The summed E-state index contributed by atoms with van der Waals surface area (Å²) < 4.78 is 24.9. The Morgan fingerprint density at radius 2 is 1.69 bits per heavy atom. The number of fused-ring (bicyclic) bond motifs is 2. The van der Waals surface area contributed by atoms with E-state index in [0.29, 0.717) is 11.0 Å². The molecular formula is C25H33N5O6. The summed E-state index contributed by atoms with van der Waals surface area (Å²) in [4.78, 5) is 35.7. The summed E-state index contributed by atoms with van der Waals surface area (Å²) in [6.07, 6.45) is 3.96. The van der Waals surface area contributed by atoms with E-state index in [1.165, 1.54) is 12.5 Å². The number of carbonyl (C=O) groups excluding carboxylic acids is 2. The van der Waals surface area contributed by atoms with E-state index in [4.69, 9.17) is 18.9 Å². The fraction of sp³-hybridized carbons (Fsp3) is 0.560. The second-order valence-corrected chi connectivity index (χ2v) is 11.2. The molecule has 0 aromatic carbocycles. The minimum Gasteiger partial charge on any atom is -0.443 e. The smallest absolute Gasteiger partial charge is 0.425 e. The van der Waals surface area contributed by atoms with Gasteiger partial charge in [0.2, 0.25) is 0 Å². The van der Waals surface area contributed by atoms with Crippen molar-refractivity contribution in [1.29, 1.82) is 0 Å². The molecule has 2 aromatic heterocycles. The zero-order valence-corrected chi connectivity index (χ0v) is 21.9. The van der Waals surface area contributed by atoms with Gasteiger partial charge in [-0.05, 0) is 61.0 Å². The molecule has 194 valence electrons. The molecule has 0 bridgehead atoms. The van der Waals surface area contributed by atoms with Crippen molar-refractivity contribution in [1.82, 2.24) is 19.7 Å². The van der Waals surface area contributed by atoms with E-state index in [0.717, 1.165) is 10.5 Å². The Balaban J connectivity index is 1.79. The number of anilines is 1. The van der Waals surface area contributed by atoms with Crippen molar-refractivity contribution in [2.75, 3.05) is 4.90 Å². The normalized spacial score (nSPS) is 23.2. The van der Waals surface area contributed by atoms with E-state index in [2.05, 4.69) is 21.6 Å². The van der Waals surface area contributed by atoms with Gasteiger partial charge in [0.05, 0.1) is 11.6 Å². The lowest BCUT2D eigenvalue weighted by molar-refractivity contribution is -0.147. The second kappa shape index (κ2) is 8.67. The molecule has 11 nitrogen and oxygen atoms in total. The lowest BCUT2D eigenvalue weighted by atomic mass is 10.1. The number of rotatable bonds is 3. The molecule has 0 saturated carbocycles. The predicted octanol–water partition coefficient (Wildman–Crippen LogP) is 4.69. The van der Waals surface area contributed by atoms with Crippen LogP contribution in [-0.2, 0) is 18.9 Å². The maximum absolute atomic E-state index is 13.2. The van der Waals surface area contributed by atoms with E-state index in [-0.39, 0.29) is 24.1 Å². The number of hydrogen-bond donors (Lipinski definition) is 0. The average molecular weight is 500 g/mol. The molecule has 3 heterocycles. The zero-order valence-electron chi connectivity index (χ0n) is 21.9. The van der Waals surface area contributed by atoms with Crippen LogP contribution in [0.2, 0.25) is 0 Å². The molecule has 0 spiro atoms. The molecule has 4 rings (SSSR count). The summed E-state index contributed by atoms with van der Waals surface area (Å²) in [5.41, 5.74) is -0.427. The summed E-state index contributed by atoms with van der Waals surface area (Å²) in [6, 6.07) is -0.360. The minimum atomic E-state index is -0.923. The Morgan fingerprint density at radius 3 is 2.25 bits per heavy atom. The van der Waals surface area contributed by atoms with Gasteiger partial charge in [-0.25, -0.2) is 24.2 Å². The summed E-state index contributed by atoms with van der Waals surface area (Å²) in [5, 5.41) is 4.90. The topological polar surface area (TPSA) is 118 Å². The van der Waals surface area contributed by atoms with Gasteiger partial charge in [0.1, 0.15) is 35.8 Å². The van der Waals surface area contributed by atoms with Gasteiger partial charge in [0, 0.05) is 0 Å². The fourth-order valence-electron chi connectivity index (χ4n) is 4.19. The van der Waals surface area contributed by atoms with Crippen molar-refractivity contribution in [2.45, 2.75) is 90.6 Å². The quantitative estimate of drug-likeness (QED) is 0.592. The third-order valence-corrected chi connectivity index (χ3v) is 5.41. The van der Waals surface area contributed by atoms with Gasteiger partial charge in [0.15, 0.2) is 17.3 Å². The lowest BCUT2D eigenvalue weighted by Gasteiger charge is -2.28. The molecule has 2 aromatic rings. The maximum Gasteiger partial charge on any atom is 0.425 e. The molecule has 1 saturated heterocycles. The van der Waals surface area contributed by atoms with Gasteiger partial charge in [-0.15, -0.1) is 0 Å². The summed E-state index contributed by atoms with van der Waals surface area (Å²) in [7, 11) is 0. The van der Waals surface area contributed by atoms with E-state index in [9.17, 15) is 9.59 Å². The van der Waals surface area contributed by atoms with Crippen molar-refractivity contribution >= 4 is 29.0 Å². The van der Waals surface area contributed by atoms with E-state index >= 15 is 0 Å². The number of aromatic nitrogens is 4. The second-order valence-electron chi connectivity index (χ2n) is 11.2. The van der Waals surface area contributed by atoms with Crippen LogP contribution < -0.4 is 4.90 Å². The first-order valence-corrected chi connectivity index (χ1v) is 11.7. The molecule has 1 aliphatic carbocycles. The van der Waals surface area contributed by atoms with Crippen LogP contribution >= 0.6 is 0 Å². The van der Waals surface area contributed by atoms with Crippen molar-refractivity contribution < 1.29 is 28.5 Å². The van der Waals surface area contributed by atoms with Gasteiger partial charge in [-0.1, -0.05) is 18.7 Å². The van der Waals surface area contributed by atoms with Crippen LogP contribution in [-0.4, -0.2) is 61.1 Å². The third kappa shape index (κ3) is 4.98. The van der Waals surface area contributed by atoms with Crippen molar-refractivity contribution in [3.8, 4) is 0 Å². The van der Waals surface area contributed by atoms with Gasteiger partial charge in [-0.2, -0.15) is 10.00 Å². The summed E-state index contributed by atoms with van der Waals surface area (Å²) in [5.74, 6) is -0.773. The van der Waals surface area contributed by atoms with Gasteiger partial charge in [0.25, 0.3) is 0 Å². The SMILES string of the molecule is C=CC1=C[C@@H](n2ncc3c(N(C(=O)OC(C)(C)C)C(=O)OC(C)(C)C)ncnc32)[C@@H]2OC(C)(C)O[C@H]12. The van der Waals surface area contributed by atoms with Crippen LogP contribution in [0.4, 0.5) is 15.4 Å². The molecule has 2 amide bonds. The molecule has 11 heteroatoms. The number of ether oxygens (including phenoxy) is 4. The standard InChI is InChI=1S/C25H33N5O6/c1-10-14-11-16(18-17(14)33-25(8,9)34-18)30-20-15(12-28-30)19(26-13-27-20)29(21(31)35-23(2,3)4)22(32)36-24(5,6)7/h10-13,16-18H,1H2,2-9H3/t16-,17-,18+/m1/s1. The highest BCUT2D eigenvalue weighted by Gasteiger charge is 2.50. The minimum absolute atomic E-state index is 0.00106. The third-order valence-electron chi connectivity index (χ3n) is 5.41. The van der Waals surface area contributed by atoms with Crippen molar-refractivity contribution in [3.05, 3.63) is 36.8 Å². The predicted molar refractivity (Wildman–Crippen MR) is 131 cm³/mol. The zero-order chi connectivity index (χ0) is 26.6. The first-order chi connectivity index (χ1) is 16.6. The van der Waals surface area contributed by atoms with Crippen molar-refractivity contribution in [3.63, 3.8) is 0 Å². The monoisotopic (exact) mass is 499 g/mol. The molecule has 36 heavy (non-hydrogen) atoms. The van der Waals surface area contributed by atoms with Crippen LogP contribution in [0.25, 0.3) is 11.0 Å². The largest absolute Gasteiger partial charge is 0.443 e. The van der Waals surface area contributed by atoms with Gasteiger partial charge >= 0.3 is 12.2 Å². The van der Waals surface area contributed by atoms with E-state index in [1.54, 1.807) is 52.3 Å². The van der Waals surface area contributed by atoms with E-state index in [1.807, 2.05) is 19.9 Å². The van der Waals surface area contributed by atoms with Gasteiger partial charge < -0.3 is 18.9 Å².